The molecule has 0 bridgehead atoms. The molecule has 1 aliphatic rings. The van der Waals surface area contributed by atoms with E-state index >= 15 is 0 Å². The predicted octanol–water partition coefficient (Wildman–Crippen LogP) is 0.368. The van der Waals surface area contributed by atoms with Gasteiger partial charge in [-0.15, -0.1) is 5.10 Å². The van der Waals surface area contributed by atoms with Gasteiger partial charge in [0.15, 0.2) is 9.84 Å². The third-order valence-electron chi connectivity index (χ3n) is 3.64. The number of aryl methyl sites for hydroxylation is 1. The number of carbonyl (C=O) groups is 1. The quantitative estimate of drug-likeness (QED) is 0.884. The maximum absolute atomic E-state index is 12.2. The number of carbonyl (C=O) groups excluding carboxylic acids is 1. The molecule has 1 amide bonds. The van der Waals surface area contributed by atoms with E-state index in [1.807, 2.05) is 6.92 Å². The number of hydrogen-bond acceptors (Lipinski definition) is 5. The van der Waals surface area contributed by atoms with E-state index in [1.54, 1.807) is 22.9 Å². The van der Waals surface area contributed by atoms with E-state index in [0.717, 1.165) is 5.52 Å². The van der Waals surface area contributed by atoms with Crippen LogP contribution in [0.5, 0.6) is 0 Å². The first-order chi connectivity index (χ1) is 9.98. The Labute approximate surface area is 122 Å². The lowest BCUT2D eigenvalue weighted by molar-refractivity contribution is 0.0941. The first-order valence-electron chi connectivity index (χ1n) is 6.83. The van der Waals surface area contributed by atoms with Crippen molar-refractivity contribution < 1.29 is 13.2 Å². The lowest BCUT2D eigenvalue weighted by Crippen LogP contribution is -2.35. The smallest absolute Gasteiger partial charge is 0.251 e. The second-order valence-electron chi connectivity index (χ2n) is 5.18. The minimum absolute atomic E-state index is 0.0208. The summed E-state index contributed by atoms with van der Waals surface area (Å²) in [6.07, 6.45) is 0.475. The topological polar surface area (TPSA) is 93.9 Å². The number of fused-ring (bicyclic) bond motifs is 1. The molecule has 21 heavy (non-hydrogen) atoms. The monoisotopic (exact) mass is 308 g/mol. The molecular formula is C13H16N4O3S. The number of aromatic nitrogens is 3. The molecule has 2 heterocycles. The zero-order chi connectivity index (χ0) is 15.0. The van der Waals surface area contributed by atoms with Crippen LogP contribution in [0.15, 0.2) is 18.2 Å². The minimum Gasteiger partial charge on any atom is -0.348 e. The second-order valence-corrected chi connectivity index (χ2v) is 7.41. The van der Waals surface area contributed by atoms with Crippen molar-refractivity contribution in [3.63, 3.8) is 0 Å². The highest BCUT2D eigenvalue weighted by Crippen LogP contribution is 2.15. The third-order valence-corrected chi connectivity index (χ3v) is 5.41. The molecule has 1 saturated heterocycles. The molecule has 112 valence electrons. The Kier molecular flexibility index (Phi) is 3.40. The largest absolute Gasteiger partial charge is 0.348 e. The lowest BCUT2D eigenvalue weighted by atomic mass is 10.1. The van der Waals surface area contributed by atoms with Crippen LogP contribution < -0.4 is 5.32 Å². The van der Waals surface area contributed by atoms with Crippen LogP contribution in [0.25, 0.3) is 11.0 Å². The number of nitrogens with zero attached hydrogens (tertiary/aromatic N) is 3. The lowest BCUT2D eigenvalue weighted by Gasteiger charge is -2.10. The number of nitrogens with one attached hydrogen (secondary N) is 1. The first kappa shape index (κ1) is 14.0. The summed E-state index contributed by atoms with van der Waals surface area (Å²) in [5, 5.41) is 10.8. The Bertz CT molecular complexity index is 797. The summed E-state index contributed by atoms with van der Waals surface area (Å²) < 4.78 is 24.5. The normalized spacial score (nSPS) is 20.7. The molecule has 0 radical (unpaired) electrons. The molecule has 0 spiro atoms. The van der Waals surface area contributed by atoms with Crippen LogP contribution in [0.1, 0.15) is 23.7 Å². The van der Waals surface area contributed by atoms with Gasteiger partial charge in [0.1, 0.15) is 5.52 Å². The van der Waals surface area contributed by atoms with Gasteiger partial charge in [-0.2, -0.15) is 0 Å². The van der Waals surface area contributed by atoms with Gasteiger partial charge in [0.25, 0.3) is 5.91 Å². The van der Waals surface area contributed by atoms with E-state index < -0.39 is 9.84 Å². The Morgan fingerprint density at radius 3 is 2.95 bits per heavy atom. The summed E-state index contributed by atoms with van der Waals surface area (Å²) in [5.74, 6) is -0.112. The molecule has 1 fully saturated rings. The molecule has 1 aliphatic heterocycles. The molecule has 1 N–H and O–H groups in total. The summed E-state index contributed by atoms with van der Waals surface area (Å²) in [6, 6.07) is 4.88. The van der Waals surface area contributed by atoms with Crippen LogP contribution in [0.3, 0.4) is 0 Å². The standard InChI is InChI=1S/C13H16N4O3S/c1-2-17-12-4-3-9(7-11(12)15-16-17)13(18)14-10-5-6-21(19,20)8-10/h3-4,7,10H,2,5-6,8H2,1H3,(H,14,18)/t10-/m1/s1. The zero-order valence-corrected chi connectivity index (χ0v) is 12.4. The number of sulfone groups is 1. The van der Waals surface area contributed by atoms with E-state index in [0.29, 0.717) is 24.0 Å². The van der Waals surface area contributed by atoms with Crippen LogP contribution in [-0.2, 0) is 16.4 Å². The highest BCUT2D eigenvalue weighted by atomic mass is 32.2. The first-order valence-corrected chi connectivity index (χ1v) is 8.65. The fourth-order valence-electron chi connectivity index (χ4n) is 2.52. The molecule has 3 rings (SSSR count). The van der Waals surface area contributed by atoms with Crippen LogP contribution in [-0.4, -0.2) is 46.9 Å². The molecular weight excluding hydrogens is 292 g/mol. The maximum atomic E-state index is 12.2. The van der Waals surface area contributed by atoms with Gasteiger partial charge < -0.3 is 5.32 Å². The molecule has 0 aliphatic carbocycles. The summed E-state index contributed by atoms with van der Waals surface area (Å²) in [4.78, 5) is 12.2. The Morgan fingerprint density at radius 1 is 1.48 bits per heavy atom. The molecule has 0 saturated carbocycles. The Morgan fingerprint density at radius 2 is 2.29 bits per heavy atom. The number of hydrogen-bond donors (Lipinski definition) is 1. The molecule has 8 heteroatoms. The highest BCUT2D eigenvalue weighted by Gasteiger charge is 2.29. The summed E-state index contributed by atoms with van der Waals surface area (Å²) >= 11 is 0. The van der Waals surface area contributed by atoms with Crippen LogP contribution in [0, 0.1) is 0 Å². The highest BCUT2D eigenvalue weighted by molar-refractivity contribution is 7.91. The van der Waals surface area contributed by atoms with Gasteiger partial charge in [-0.3, -0.25) is 4.79 Å². The number of rotatable bonds is 3. The van der Waals surface area contributed by atoms with Crippen molar-refractivity contribution in [3.05, 3.63) is 23.8 Å². The van der Waals surface area contributed by atoms with Gasteiger partial charge in [-0.25, -0.2) is 13.1 Å². The maximum Gasteiger partial charge on any atom is 0.251 e. The zero-order valence-electron chi connectivity index (χ0n) is 11.6. The average molecular weight is 308 g/mol. The Hall–Kier alpha value is -1.96. The molecule has 1 aromatic heterocycles. The molecule has 1 atom stereocenters. The van der Waals surface area contributed by atoms with E-state index in [4.69, 9.17) is 0 Å². The molecule has 7 nitrogen and oxygen atoms in total. The van der Waals surface area contributed by atoms with Gasteiger partial charge in [0.05, 0.1) is 17.0 Å². The number of benzene rings is 1. The summed E-state index contributed by atoms with van der Waals surface area (Å²) in [6.45, 7) is 2.68. The summed E-state index contributed by atoms with van der Waals surface area (Å²) in [5.41, 5.74) is 2.00. The van der Waals surface area contributed by atoms with E-state index in [1.165, 1.54) is 0 Å². The summed E-state index contributed by atoms with van der Waals surface area (Å²) in [7, 11) is -3.00. The van der Waals surface area contributed by atoms with Crippen LogP contribution >= 0.6 is 0 Å². The fourth-order valence-corrected chi connectivity index (χ4v) is 4.20. The van der Waals surface area contributed by atoms with Gasteiger partial charge in [0.2, 0.25) is 0 Å². The van der Waals surface area contributed by atoms with Crippen molar-refractivity contribution in [3.8, 4) is 0 Å². The fraction of sp³-hybridized carbons (Fsp3) is 0.462. The molecule has 0 unspecified atom stereocenters. The Balaban J connectivity index is 1.79. The van der Waals surface area contributed by atoms with Gasteiger partial charge in [-0.05, 0) is 31.5 Å². The minimum atomic E-state index is -3.00. The van der Waals surface area contributed by atoms with Gasteiger partial charge in [-0.1, -0.05) is 5.21 Å². The van der Waals surface area contributed by atoms with Crippen molar-refractivity contribution >= 4 is 26.8 Å². The van der Waals surface area contributed by atoms with Crippen molar-refractivity contribution in [2.24, 2.45) is 0 Å². The van der Waals surface area contributed by atoms with E-state index in [9.17, 15) is 13.2 Å². The van der Waals surface area contributed by atoms with Crippen molar-refractivity contribution in [2.75, 3.05) is 11.5 Å². The van der Waals surface area contributed by atoms with Crippen molar-refractivity contribution in [1.82, 2.24) is 20.3 Å². The SMILES string of the molecule is CCn1nnc2cc(C(=O)N[C@@H]3CCS(=O)(=O)C3)ccc21. The molecule has 2 aromatic rings. The van der Waals surface area contributed by atoms with Gasteiger partial charge >= 0.3 is 0 Å². The van der Waals surface area contributed by atoms with Gasteiger partial charge in [0, 0.05) is 18.2 Å². The van der Waals surface area contributed by atoms with Crippen LogP contribution in [0.4, 0.5) is 0 Å². The van der Waals surface area contributed by atoms with E-state index in [2.05, 4.69) is 15.6 Å². The van der Waals surface area contributed by atoms with Crippen molar-refractivity contribution in [1.29, 1.82) is 0 Å². The predicted molar refractivity (Wildman–Crippen MR) is 77.7 cm³/mol. The average Bonchev–Trinajstić information content (AvgIpc) is 3.00. The third kappa shape index (κ3) is 2.76. The van der Waals surface area contributed by atoms with Crippen molar-refractivity contribution in [2.45, 2.75) is 25.9 Å². The number of amides is 1. The van der Waals surface area contributed by atoms with Crippen LogP contribution in [0.2, 0.25) is 0 Å². The second kappa shape index (κ2) is 5.10. The van der Waals surface area contributed by atoms with E-state index in [-0.39, 0.29) is 23.5 Å². The molecule has 1 aromatic carbocycles.